The Morgan fingerprint density at radius 2 is 2.00 bits per heavy atom. The zero-order valence-corrected chi connectivity index (χ0v) is 12.8. The highest BCUT2D eigenvalue weighted by Gasteiger charge is 2.10. The number of hydrogen-bond donors (Lipinski definition) is 0. The summed E-state index contributed by atoms with van der Waals surface area (Å²) >= 11 is 5.90. The van der Waals surface area contributed by atoms with E-state index in [4.69, 9.17) is 16.3 Å². The molecule has 110 valence electrons. The third-order valence-corrected chi connectivity index (χ3v) is 3.32. The Hall–Kier alpha value is -1.87. The lowest BCUT2D eigenvalue weighted by Gasteiger charge is -2.06. The largest absolute Gasteiger partial charge is 0.462 e. The van der Waals surface area contributed by atoms with Crippen LogP contribution in [0.3, 0.4) is 0 Å². The van der Waals surface area contributed by atoms with E-state index in [1.165, 1.54) is 5.56 Å². The van der Waals surface area contributed by atoms with Crippen molar-refractivity contribution in [3.8, 4) is 0 Å². The van der Waals surface area contributed by atoms with E-state index < -0.39 is 0 Å². The molecule has 1 heterocycles. The average Bonchev–Trinajstić information content (AvgIpc) is 2.51. The van der Waals surface area contributed by atoms with E-state index in [0.29, 0.717) is 17.3 Å². The van der Waals surface area contributed by atoms with Gasteiger partial charge in [0.15, 0.2) is 0 Å². The van der Waals surface area contributed by atoms with Gasteiger partial charge in [-0.1, -0.05) is 48.9 Å². The first-order valence-corrected chi connectivity index (χ1v) is 7.44. The number of ether oxygens (including phenoxy) is 1. The average molecular weight is 304 g/mol. The van der Waals surface area contributed by atoms with E-state index in [2.05, 4.69) is 17.1 Å². The van der Waals surface area contributed by atoms with Crippen molar-refractivity contribution in [2.45, 2.75) is 26.2 Å². The zero-order chi connectivity index (χ0) is 15.1. The van der Waals surface area contributed by atoms with Gasteiger partial charge in [0.25, 0.3) is 0 Å². The van der Waals surface area contributed by atoms with E-state index in [0.717, 1.165) is 25.0 Å². The van der Waals surface area contributed by atoms with Crippen molar-refractivity contribution in [3.05, 3.63) is 64.4 Å². The van der Waals surface area contributed by atoms with Gasteiger partial charge >= 0.3 is 5.97 Å². The van der Waals surface area contributed by atoms with Crippen LogP contribution >= 0.6 is 11.6 Å². The van der Waals surface area contributed by atoms with Gasteiger partial charge < -0.3 is 4.74 Å². The van der Waals surface area contributed by atoms with Gasteiger partial charge in [-0.05, 0) is 37.0 Å². The van der Waals surface area contributed by atoms with Gasteiger partial charge in [0, 0.05) is 5.69 Å². The summed E-state index contributed by atoms with van der Waals surface area (Å²) < 4.78 is 5.28. The minimum absolute atomic E-state index is 0.325. The second-order valence-electron chi connectivity index (χ2n) is 4.75. The maximum atomic E-state index is 12.0. The van der Waals surface area contributed by atoms with Crippen molar-refractivity contribution >= 4 is 17.6 Å². The van der Waals surface area contributed by atoms with E-state index >= 15 is 0 Å². The molecule has 0 fully saturated rings. The van der Waals surface area contributed by atoms with Gasteiger partial charge in [-0.15, -0.1) is 0 Å². The maximum absolute atomic E-state index is 12.0. The lowest BCUT2D eigenvalue weighted by Crippen LogP contribution is -2.08. The second-order valence-corrected chi connectivity index (χ2v) is 5.14. The van der Waals surface area contributed by atoms with Crippen LogP contribution in [0.1, 0.15) is 35.0 Å². The predicted octanol–water partition coefficient (Wildman–Crippen LogP) is 4.09. The van der Waals surface area contributed by atoms with Gasteiger partial charge in [-0.2, -0.15) is 0 Å². The molecule has 0 aliphatic heterocycles. The number of nitrogens with zero attached hydrogens (tertiary/aromatic N) is 1. The molecule has 21 heavy (non-hydrogen) atoms. The number of aryl methyl sites for hydroxylation is 2. The minimum Gasteiger partial charge on any atom is -0.462 e. The number of halogens is 1. The van der Waals surface area contributed by atoms with Crippen molar-refractivity contribution in [3.63, 3.8) is 0 Å². The molecule has 0 saturated heterocycles. The predicted molar refractivity (Wildman–Crippen MR) is 83.7 cm³/mol. The van der Waals surface area contributed by atoms with E-state index in [1.807, 2.05) is 25.1 Å². The van der Waals surface area contributed by atoms with E-state index in [9.17, 15) is 4.79 Å². The van der Waals surface area contributed by atoms with Crippen LogP contribution in [0.25, 0.3) is 0 Å². The maximum Gasteiger partial charge on any atom is 0.338 e. The SMILES string of the molecule is CCc1cc(C(=O)OCCCc2ccccc2)cc(Cl)n1. The Kier molecular flexibility index (Phi) is 5.76. The van der Waals surface area contributed by atoms with Gasteiger partial charge in [0.1, 0.15) is 5.15 Å². The molecule has 1 aromatic heterocycles. The van der Waals surface area contributed by atoms with Gasteiger partial charge in [0.05, 0.1) is 12.2 Å². The molecule has 2 rings (SSSR count). The smallest absolute Gasteiger partial charge is 0.338 e. The minimum atomic E-state index is -0.345. The molecule has 1 aromatic carbocycles. The molecule has 0 atom stereocenters. The van der Waals surface area contributed by atoms with Crippen LogP contribution in [0.5, 0.6) is 0 Å². The Morgan fingerprint density at radius 1 is 1.24 bits per heavy atom. The fourth-order valence-electron chi connectivity index (χ4n) is 2.02. The molecule has 0 bridgehead atoms. The van der Waals surface area contributed by atoms with Crippen LogP contribution < -0.4 is 0 Å². The second kappa shape index (κ2) is 7.79. The number of hydrogen-bond acceptors (Lipinski definition) is 3. The molecule has 0 aliphatic carbocycles. The van der Waals surface area contributed by atoms with Crippen molar-refractivity contribution in [2.24, 2.45) is 0 Å². The van der Waals surface area contributed by atoms with Gasteiger partial charge in [-0.3, -0.25) is 0 Å². The monoisotopic (exact) mass is 303 g/mol. The number of rotatable bonds is 6. The van der Waals surface area contributed by atoms with Crippen LogP contribution in [0.4, 0.5) is 0 Å². The molecule has 0 unspecified atom stereocenters. The van der Waals surface area contributed by atoms with Crippen molar-refractivity contribution in [2.75, 3.05) is 6.61 Å². The molecule has 0 saturated carbocycles. The summed E-state index contributed by atoms with van der Waals surface area (Å²) in [7, 11) is 0. The lowest BCUT2D eigenvalue weighted by molar-refractivity contribution is 0.0500. The number of esters is 1. The van der Waals surface area contributed by atoms with Crippen molar-refractivity contribution in [1.82, 2.24) is 4.98 Å². The van der Waals surface area contributed by atoms with E-state index in [1.54, 1.807) is 12.1 Å². The molecular formula is C17H18ClNO2. The standard InChI is InChI=1S/C17H18ClNO2/c1-2-15-11-14(12-16(18)19-15)17(20)21-10-6-9-13-7-4-3-5-8-13/h3-5,7-8,11-12H,2,6,9-10H2,1H3. The highest BCUT2D eigenvalue weighted by Crippen LogP contribution is 2.13. The van der Waals surface area contributed by atoms with Gasteiger partial charge in [0.2, 0.25) is 0 Å². The van der Waals surface area contributed by atoms with E-state index in [-0.39, 0.29) is 5.97 Å². The highest BCUT2D eigenvalue weighted by atomic mass is 35.5. The summed E-state index contributed by atoms with van der Waals surface area (Å²) in [6.45, 7) is 2.36. The Labute approximate surface area is 129 Å². The third-order valence-electron chi connectivity index (χ3n) is 3.13. The molecule has 4 heteroatoms. The Bertz CT molecular complexity index is 599. The first-order valence-electron chi connectivity index (χ1n) is 7.06. The third kappa shape index (κ3) is 4.87. The van der Waals surface area contributed by atoms with Crippen molar-refractivity contribution in [1.29, 1.82) is 0 Å². The number of carbonyl (C=O) groups is 1. The molecule has 0 spiro atoms. The van der Waals surface area contributed by atoms with Crippen molar-refractivity contribution < 1.29 is 9.53 Å². The molecule has 0 amide bonds. The summed E-state index contributed by atoms with van der Waals surface area (Å²) in [4.78, 5) is 16.1. The topological polar surface area (TPSA) is 39.2 Å². The first kappa shape index (κ1) is 15.5. The first-order chi connectivity index (χ1) is 10.2. The number of aromatic nitrogens is 1. The number of pyridine rings is 1. The number of benzene rings is 1. The summed E-state index contributed by atoms with van der Waals surface area (Å²) in [6, 6.07) is 13.4. The summed E-state index contributed by atoms with van der Waals surface area (Å²) in [5.41, 5.74) is 2.50. The molecular weight excluding hydrogens is 286 g/mol. The molecule has 0 aliphatic rings. The normalized spacial score (nSPS) is 10.4. The molecule has 2 aromatic rings. The Morgan fingerprint density at radius 3 is 2.71 bits per heavy atom. The molecule has 0 N–H and O–H groups in total. The lowest BCUT2D eigenvalue weighted by atomic mass is 10.1. The van der Waals surface area contributed by atoms with Crippen LogP contribution in [0.15, 0.2) is 42.5 Å². The Balaban J connectivity index is 1.83. The van der Waals surface area contributed by atoms with Crippen LogP contribution in [-0.2, 0) is 17.6 Å². The zero-order valence-electron chi connectivity index (χ0n) is 12.0. The fraction of sp³-hybridized carbons (Fsp3) is 0.294. The summed E-state index contributed by atoms with van der Waals surface area (Å²) in [5, 5.41) is 0.325. The number of carbonyl (C=O) groups excluding carboxylic acids is 1. The van der Waals surface area contributed by atoms with Crippen LogP contribution in [0.2, 0.25) is 5.15 Å². The van der Waals surface area contributed by atoms with Gasteiger partial charge in [-0.25, -0.2) is 9.78 Å². The highest BCUT2D eigenvalue weighted by molar-refractivity contribution is 6.29. The van der Waals surface area contributed by atoms with Crippen LogP contribution in [0, 0.1) is 0 Å². The van der Waals surface area contributed by atoms with Crippen LogP contribution in [-0.4, -0.2) is 17.6 Å². The summed E-state index contributed by atoms with van der Waals surface area (Å²) in [5.74, 6) is -0.345. The molecule has 0 radical (unpaired) electrons. The quantitative estimate of drug-likeness (QED) is 0.458. The molecule has 3 nitrogen and oxygen atoms in total. The fourth-order valence-corrected chi connectivity index (χ4v) is 2.25. The summed E-state index contributed by atoms with van der Waals surface area (Å²) in [6.07, 6.45) is 2.43.